The van der Waals surface area contributed by atoms with E-state index in [2.05, 4.69) is 18.7 Å². The van der Waals surface area contributed by atoms with Crippen LogP contribution in [0.4, 0.5) is 0 Å². The Morgan fingerprint density at radius 3 is 2.84 bits per heavy atom. The fraction of sp³-hybridized carbons (Fsp3) is 0.600. The Morgan fingerprint density at radius 1 is 1.32 bits per heavy atom. The summed E-state index contributed by atoms with van der Waals surface area (Å²) in [6, 6.07) is 5.67. The van der Waals surface area contributed by atoms with E-state index in [1.54, 1.807) is 0 Å². The predicted molar refractivity (Wildman–Crippen MR) is 72.4 cm³/mol. The third kappa shape index (κ3) is 2.42. The van der Waals surface area contributed by atoms with Crippen molar-refractivity contribution in [3.63, 3.8) is 0 Å². The Labute approximate surface area is 113 Å². The summed E-state index contributed by atoms with van der Waals surface area (Å²) in [5, 5.41) is 10.4. The molecule has 0 amide bonds. The number of hydrogen-bond acceptors (Lipinski definition) is 4. The van der Waals surface area contributed by atoms with Gasteiger partial charge in [0.05, 0.1) is 6.10 Å². The third-order valence-corrected chi connectivity index (χ3v) is 4.25. The predicted octanol–water partition coefficient (Wildman–Crippen LogP) is 2.32. The summed E-state index contributed by atoms with van der Waals surface area (Å²) in [4.78, 5) is 2.36. The number of β-amino-alcohol motifs (C(OH)–C–C–N with tert-alkyl or cyclic N) is 1. The van der Waals surface area contributed by atoms with Crippen LogP contribution in [0.5, 0.6) is 11.5 Å². The van der Waals surface area contributed by atoms with Crippen LogP contribution in [0.15, 0.2) is 18.2 Å². The van der Waals surface area contributed by atoms with E-state index in [9.17, 15) is 5.11 Å². The number of benzene rings is 1. The Hall–Kier alpha value is -1.26. The summed E-state index contributed by atoms with van der Waals surface area (Å²) in [6.45, 7) is 6.49. The van der Waals surface area contributed by atoms with Crippen LogP contribution >= 0.6 is 0 Å². The van der Waals surface area contributed by atoms with Crippen LogP contribution in [0.2, 0.25) is 0 Å². The topological polar surface area (TPSA) is 41.9 Å². The Balaban J connectivity index is 1.72. The fourth-order valence-electron chi connectivity index (χ4n) is 2.94. The van der Waals surface area contributed by atoms with Gasteiger partial charge in [0, 0.05) is 12.1 Å². The van der Waals surface area contributed by atoms with E-state index in [4.69, 9.17) is 9.47 Å². The maximum atomic E-state index is 10.4. The summed E-state index contributed by atoms with van der Waals surface area (Å²) >= 11 is 0. The van der Waals surface area contributed by atoms with Gasteiger partial charge in [-0.3, -0.25) is 4.90 Å². The highest BCUT2D eigenvalue weighted by molar-refractivity contribution is 5.45. The van der Waals surface area contributed by atoms with Crippen molar-refractivity contribution >= 4 is 0 Å². The van der Waals surface area contributed by atoms with Crippen LogP contribution in [0.25, 0.3) is 0 Å². The summed E-state index contributed by atoms with van der Waals surface area (Å²) in [5.41, 5.74) is 1.09. The minimum atomic E-state index is -0.480. The fourth-order valence-corrected chi connectivity index (χ4v) is 2.94. The highest BCUT2D eigenvalue weighted by atomic mass is 16.7. The van der Waals surface area contributed by atoms with Crippen molar-refractivity contribution in [3.05, 3.63) is 23.8 Å². The number of nitrogens with zero attached hydrogens (tertiary/aromatic N) is 1. The molecule has 1 fully saturated rings. The lowest BCUT2D eigenvalue weighted by Gasteiger charge is -2.33. The molecule has 0 bridgehead atoms. The molecule has 2 aliphatic rings. The second-order valence-electron chi connectivity index (χ2n) is 5.99. The van der Waals surface area contributed by atoms with Crippen LogP contribution in [-0.4, -0.2) is 35.4 Å². The first-order chi connectivity index (χ1) is 9.06. The lowest BCUT2D eigenvalue weighted by atomic mass is 10.0. The average molecular weight is 263 g/mol. The lowest BCUT2D eigenvalue weighted by Crippen LogP contribution is -2.40. The molecule has 4 heteroatoms. The summed E-state index contributed by atoms with van der Waals surface area (Å²) in [5.74, 6) is 1.50. The monoisotopic (exact) mass is 263 g/mol. The largest absolute Gasteiger partial charge is 0.454 e. The van der Waals surface area contributed by atoms with E-state index >= 15 is 0 Å². The zero-order valence-corrected chi connectivity index (χ0v) is 11.6. The van der Waals surface area contributed by atoms with Gasteiger partial charge < -0.3 is 14.6 Å². The molecule has 2 heterocycles. The summed E-state index contributed by atoms with van der Waals surface area (Å²) < 4.78 is 10.6. The van der Waals surface area contributed by atoms with Crippen molar-refractivity contribution in [2.24, 2.45) is 0 Å². The van der Waals surface area contributed by atoms with E-state index < -0.39 is 6.10 Å². The van der Waals surface area contributed by atoms with E-state index in [-0.39, 0.29) is 12.3 Å². The summed E-state index contributed by atoms with van der Waals surface area (Å²) in [6.07, 6.45) is 1.92. The number of ether oxygens (including phenoxy) is 2. The van der Waals surface area contributed by atoms with Crippen molar-refractivity contribution in [1.29, 1.82) is 0 Å². The van der Waals surface area contributed by atoms with Crippen molar-refractivity contribution in [2.45, 2.75) is 38.3 Å². The lowest BCUT2D eigenvalue weighted by molar-refractivity contribution is 0.0777. The quantitative estimate of drug-likeness (QED) is 0.908. The standard InChI is InChI=1S/C15H21NO3/c1-15(2)6-3-7-16(15)9-12(17)11-4-5-13-14(8-11)19-10-18-13/h4-5,8,12,17H,3,6-7,9-10H2,1-2H3. The highest BCUT2D eigenvalue weighted by Crippen LogP contribution is 2.35. The van der Waals surface area contributed by atoms with Gasteiger partial charge in [0.25, 0.3) is 0 Å². The molecule has 19 heavy (non-hydrogen) atoms. The maximum Gasteiger partial charge on any atom is 0.231 e. The second-order valence-corrected chi connectivity index (χ2v) is 5.99. The summed E-state index contributed by atoms with van der Waals surface area (Å²) in [7, 11) is 0. The second kappa shape index (κ2) is 4.69. The third-order valence-electron chi connectivity index (χ3n) is 4.25. The van der Waals surface area contributed by atoms with Gasteiger partial charge >= 0.3 is 0 Å². The van der Waals surface area contributed by atoms with Crippen LogP contribution in [0.1, 0.15) is 38.4 Å². The Morgan fingerprint density at radius 2 is 2.11 bits per heavy atom. The smallest absolute Gasteiger partial charge is 0.231 e. The number of aliphatic hydroxyl groups excluding tert-OH is 1. The van der Waals surface area contributed by atoms with Gasteiger partial charge in [0.15, 0.2) is 11.5 Å². The van der Waals surface area contributed by atoms with Crippen molar-refractivity contribution in [3.8, 4) is 11.5 Å². The van der Waals surface area contributed by atoms with E-state index in [0.717, 1.165) is 23.6 Å². The average Bonchev–Trinajstić information content (AvgIpc) is 2.95. The molecule has 0 spiro atoms. The van der Waals surface area contributed by atoms with Gasteiger partial charge in [-0.2, -0.15) is 0 Å². The molecular formula is C15H21NO3. The van der Waals surface area contributed by atoms with Crippen LogP contribution < -0.4 is 9.47 Å². The normalized spacial score (nSPS) is 22.7. The molecule has 3 rings (SSSR count). The first-order valence-electron chi connectivity index (χ1n) is 6.89. The van der Waals surface area contributed by atoms with Crippen LogP contribution in [0.3, 0.4) is 0 Å². The van der Waals surface area contributed by atoms with Gasteiger partial charge in [-0.05, 0) is 50.9 Å². The minimum Gasteiger partial charge on any atom is -0.454 e. The number of rotatable bonds is 3. The van der Waals surface area contributed by atoms with Gasteiger partial charge in [0.1, 0.15) is 0 Å². The highest BCUT2D eigenvalue weighted by Gasteiger charge is 2.33. The number of aliphatic hydroxyl groups is 1. The van der Waals surface area contributed by atoms with Crippen LogP contribution in [-0.2, 0) is 0 Å². The molecule has 1 atom stereocenters. The zero-order chi connectivity index (χ0) is 13.5. The van der Waals surface area contributed by atoms with E-state index in [1.807, 2.05) is 18.2 Å². The minimum absolute atomic E-state index is 0.192. The number of fused-ring (bicyclic) bond motifs is 1. The Kier molecular flexibility index (Phi) is 3.15. The molecule has 1 unspecified atom stereocenters. The van der Waals surface area contributed by atoms with E-state index in [1.165, 1.54) is 12.8 Å². The molecule has 1 aromatic rings. The van der Waals surface area contributed by atoms with Crippen molar-refractivity contribution in [1.82, 2.24) is 4.90 Å². The Bertz CT molecular complexity index is 472. The molecule has 1 aromatic carbocycles. The molecule has 0 aliphatic carbocycles. The van der Waals surface area contributed by atoms with Crippen molar-refractivity contribution < 1.29 is 14.6 Å². The molecule has 1 saturated heterocycles. The van der Waals surface area contributed by atoms with Gasteiger partial charge in [0.2, 0.25) is 6.79 Å². The van der Waals surface area contributed by atoms with Gasteiger partial charge in [-0.15, -0.1) is 0 Å². The van der Waals surface area contributed by atoms with Crippen molar-refractivity contribution in [2.75, 3.05) is 19.9 Å². The molecule has 104 valence electrons. The molecular weight excluding hydrogens is 242 g/mol. The zero-order valence-electron chi connectivity index (χ0n) is 11.6. The number of likely N-dealkylation sites (tertiary alicyclic amines) is 1. The molecule has 0 radical (unpaired) electrons. The first kappa shape index (κ1) is 12.8. The molecule has 0 aromatic heterocycles. The molecule has 2 aliphatic heterocycles. The first-order valence-corrected chi connectivity index (χ1v) is 6.89. The van der Waals surface area contributed by atoms with Gasteiger partial charge in [-0.1, -0.05) is 6.07 Å². The van der Waals surface area contributed by atoms with Gasteiger partial charge in [-0.25, -0.2) is 0 Å². The maximum absolute atomic E-state index is 10.4. The van der Waals surface area contributed by atoms with Crippen LogP contribution in [0, 0.1) is 0 Å². The molecule has 1 N–H and O–H groups in total. The molecule has 4 nitrogen and oxygen atoms in total. The van der Waals surface area contributed by atoms with E-state index in [0.29, 0.717) is 6.54 Å². The number of hydrogen-bond donors (Lipinski definition) is 1. The SMILES string of the molecule is CC1(C)CCCN1CC(O)c1ccc2c(c1)OCO2. The molecule has 0 saturated carbocycles.